The highest BCUT2D eigenvalue weighted by Crippen LogP contribution is 2.37. The van der Waals surface area contributed by atoms with Gasteiger partial charge < -0.3 is 0 Å². The number of aromatic nitrogens is 6. The van der Waals surface area contributed by atoms with Gasteiger partial charge >= 0.3 is 0 Å². The molecule has 198 valence electrons. The van der Waals surface area contributed by atoms with Crippen molar-refractivity contribution in [1.29, 1.82) is 0 Å². The van der Waals surface area contributed by atoms with Gasteiger partial charge in [0.2, 0.25) is 0 Å². The van der Waals surface area contributed by atoms with Crippen molar-refractivity contribution < 1.29 is 0 Å². The van der Waals surface area contributed by atoms with Crippen LogP contribution in [0.2, 0.25) is 0 Å². The zero-order valence-electron chi connectivity index (χ0n) is 22.5. The van der Waals surface area contributed by atoms with Crippen molar-refractivity contribution in [1.82, 2.24) is 29.9 Å². The fraction of sp³-hybridized carbons (Fsp3) is 0. The summed E-state index contributed by atoms with van der Waals surface area (Å²) in [5.74, 6) is 0. The minimum atomic E-state index is 0.806. The minimum Gasteiger partial charge on any atom is -0.256 e. The summed E-state index contributed by atoms with van der Waals surface area (Å²) in [7, 11) is 0. The van der Waals surface area contributed by atoms with E-state index in [0.29, 0.717) is 0 Å². The van der Waals surface area contributed by atoms with Gasteiger partial charge in [-0.05, 0) is 82.9 Å². The van der Waals surface area contributed by atoms with Crippen LogP contribution in [0.1, 0.15) is 0 Å². The quantitative estimate of drug-likeness (QED) is 0.212. The molecule has 0 unspecified atom stereocenters. The fourth-order valence-electron chi connectivity index (χ4n) is 4.98. The van der Waals surface area contributed by atoms with Gasteiger partial charge in [-0.3, -0.25) is 29.9 Å². The molecule has 42 heavy (non-hydrogen) atoms. The van der Waals surface area contributed by atoms with Gasteiger partial charge in [0.25, 0.3) is 0 Å². The van der Waals surface area contributed by atoms with Gasteiger partial charge in [0.05, 0.1) is 34.2 Å². The Bertz CT molecular complexity index is 1800. The Labute approximate surface area is 243 Å². The first-order chi connectivity index (χ1) is 20.8. The van der Waals surface area contributed by atoms with Crippen molar-refractivity contribution in [3.63, 3.8) is 0 Å². The second kappa shape index (κ2) is 11.3. The highest BCUT2D eigenvalue weighted by Gasteiger charge is 2.15. The molecule has 7 rings (SSSR count). The van der Waals surface area contributed by atoms with Gasteiger partial charge in [0.15, 0.2) is 0 Å². The first-order valence-corrected chi connectivity index (χ1v) is 13.6. The number of hydrogen-bond acceptors (Lipinski definition) is 6. The SMILES string of the molecule is c1ccc(-c2cc(-c3ccc(-c4cc(-c5ccccn5)ncc4-c4ccccn4)cc3)c(-c3ccccn3)cn2)nc1. The summed E-state index contributed by atoms with van der Waals surface area (Å²) in [5.41, 5.74) is 11.1. The van der Waals surface area contributed by atoms with Gasteiger partial charge in [-0.1, -0.05) is 48.5 Å². The molecule has 0 aliphatic heterocycles. The highest BCUT2D eigenvalue weighted by molar-refractivity contribution is 5.87. The molecule has 0 radical (unpaired) electrons. The summed E-state index contributed by atoms with van der Waals surface area (Å²) < 4.78 is 0. The van der Waals surface area contributed by atoms with Crippen molar-refractivity contribution in [3.8, 4) is 67.5 Å². The lowest BCUT2D eigenvalue weighted by Gasteiger charge is -2.14. The standard InChI is InChI=1S/C36H24N6/c1-5-17-37-31(9-1)29-23-41-35(33-11-3-7-19-39-33)21-27(29)25-13-15-26(16-14-25)28-22-36(34-12-4-8-20-40-34)42-24-30(28)32-10-2-6-18-38-32/h1-24H. The molecular formula is C36H24N6. The Morgan fingerprint density at radius 3 is 0.976 bits per heavy atom. The van der Waals surface area contributed by atoms with Crippen LogP contribution < -0.4 is 0 Å². The van der Waals surface area contributed by atoms with Gasteiger partial charge in [-0.2, -0.15) is 0 Å². The average Bonchev–Trinajstić information content (AvgIpc) is 3.09. The maximum absolute atomic E-state index is 4.74. The van der Waals surface area contributed by atoms with E-state index in [4.69, 9.17) is 9.97 Å². The van der Waals surface area contributed by atoms with Crippen LogP contribution in [0, 0.1) is 0 Å². The summed E-state index contributed by atoms with van der Waals surface area (Å²) in [5, 5.41) is 0. The van der Waals surface area contributed by atoms with E-state index in [1.807, 2.05) is 85.2 Å². The third kappa shape index (κ3) is 5.05. The molecule has 1 aromatic carbocycles. The number of nitrogens with zero attached hydrogens (tertiary/aromatic N) is 6. The lowest BCUT2D eigenvalue weighted by atomic mass is 9.93. The van der Waals surface area contributed by atoms with Crippen LogP contribution in [-0.2, 0) is 0 Å². The molecule has 0 N–H and O–H groups in total. The Kier molecular flexibility index (Phi) is 6.76. The third-order valence-corrected chi connectivity index (χ3v) is 7.05. The summed E-state index contributed by atoms with van der Waals surface area (Å²) in [6.45, 7) is 0. The van der Waals surface area contributed by atoms with Gasteiger partial charge in [0, 0.05) is 48.3 Å². The molecule has 0 aliphatic rings. The van der Waals surface area contributed by atoms with Crippen molar-refractivity contribution in [2.24, 2.45) is 0 Å². The van der Waals surface area contributed by atoms with Crippen LogP contribution in [0.5, 0.6) is 0 Å². The zero-order valence-corrected chi connectivity index (χ0v) is 22.5. The predicted octanol–water partition coefficient (Wildman–Crippen LogP) is 8.06. The largest absolute Gasteiger partial charge is 0.256 e. The van der Waals surface area contributed by atoms with Crippen LogP contribution in [0.4, 0.5) is 0 Å². The van der Waals surface area contributed by atoms with E-state index in [2.05, 4.69) is 56.3 Å². The molecule has 0 spiro atoms. The van der Waals surface area contributed by atoms with Gasteiger partial charge in [0.1, 0.15) is 0 Å². The Morgan fingerprint density at radius 2 is 0.643 bits per heavy atom. The first kappa shape index (κ1) is 25.1. The van der Waals surface area contributed by atoms with Crippen LogP contribution >= 0.6 is 0 Å². The lowest BCUT2D eigenvalue weighted by molar-refractivity contribution is 1.23. The first-order valence-electron chi connectivity index (χ1n) is 13.6. The van der Waals surface area contributed by atoms with Crippen LogP contribution in [-0.4, -0.2) is 29.9 Å². The maximum atomic E-state index is 4.74. The Morgan fingerprint density at radius 1 is 0.286 bits per heavy atom. The number of pyridine rings is 6. The molecule has 6 nitrogen and oxygen atoms in total. The van der Waals surface area contributed by atoms with Crippen molar-refractivity contribution in [2.75, 3.05) is 0 Å². The molecule has 0 saturated carbocycles. The molecule has 0 saturated heterocycles. The summed E-state index contributed by atoms with van der Waals surface area (Å²) >= 11 is 0. The van der Waals surface area contributed by atoms with E-state index in [1.165, 1.54) is 0 Å². The van der Waals surface area contributed by atoms with E-state index in [0.717, 1.165) is 67.5 Å². The molecule has 6 heteroatoms. The second-order valence-corrected chi connectivity index (χ2v) is 9.67. The second-order valence-electron chi connectivity index (χ2n) is 9.67. The monoisotopic (exact) mass is 540 g/mol. The van der Waals surface area contributed by atoms with Crippen LogP contribution in [0.15, 0.2) is 146 Å². The molecule has 6 aromatic heterocycles. The number of hydrogen-bond donors (Lipinski definition) is 0. The van der Waals surface area contributed by atoms with Crippen molar-refractivity contribution in [3.05, 3.63) is 146 Å². The third-order valence-electron chi connectivity index (χ3n) is 7.05. The zero-order chi connectivity index (χ0) is 28.1. The predicted molar refractivity (Wildman–Crippen MR) is 166 cm³/mol. The maximum Gasteiger partial charge on any atom is 0.0892 e. The lowest BCUT2D eigenvalue weighted by Crippen LogP contribution is -1.95. The van der Waals surface area contributed by atoms with Crippen LogP contribution in [0.25, 0.3) is 67.5 Å². The molecule has 7 aromatic rings. The molecule has 0 atom stereocenters. The minimum absolute atomic E-state index is 0.806. The van der Waals surface area contributed by atoms with Crippen molar-refractivity contribution in [2.45, 2.75) is 0 Å². The van der Waals surface area contributed by atoms with E-state index in [-0.39, 0.29) is 0 Å². The Balaban J connectivity index is 1.35. The number of rotatable bonds is 6. The smallest absolute Gasteiger partial charge is 0.0892 e. The normalized spacial score (nSPS) is 10.9. The van der Waals surface area contributed by atoms with E-state index < -0.39 is 0 Å². The summed E-state index contributed by atoms with van der Waals surface area (Å²) in [6.07, 6.45) is 10.9. The van der Waals surface area contributed by atoms with Gasteiger partial charge in [-0.25, -0.2) is 0 Å². The summed E-state index contributed by atoms with van der Waals surface area (Å²) in [4.78, 5) is 27.7. The molecule has 0 fully saturated rings. The van der Waals surface area contributed by atoms with E-state index in [9.17, 15) is 0 Å². The fourth-order valence-corrected chi connectivity index (χ4v) is 4.98. The Hall–Kier alpha value is -5.88. The van der Waals surface area contributed by atoms with Gasteiger partial charge in [-0.15, -0.1) is 0 Å². The molecule has 0 aliphatic carbocycles. The summed E-state index contributed by atoms with van der Waals surface area (Å²) in [6, 6.07) is 36.3. The topological polar surface area (TPSA) is 77.3 Å². The molecule has 6 heterocycles. The molecule has 0 bridgehead atoms. The van der Waals surface area contributed by atoms with E-state index in [1.54, 1.807) is 24.8 Å². The number of benzene rings is 1. The highest BCUT2D eigenvalue weighted by atomic mass is 14.8. The molecule has 0 amide bonds. The van der Waals surface area contributed by atoms with E-state index >= 15 is 0 Å². The average molecular weight is 541 g/mol. The van der Waals surface area contributed by atoms with Crippen LogP contribution in [0.3, 0.4) is 0 Å². The molecular weight excluding hydrogens is 516 g/mol. The van der Waals surface area contributed by atoms with Crippen molar-refractivity contribution >= 4 is 0 Å².